The summed E-state index contributed by atoms with van der Waals surface area (Å²) in [5.41, 5.74) is 6.03. The molecule has 6 rings (SSSR count). The first-order valence-corrected chi connectivity index (χ1v) is 10.8. The quantitative estimate of drug-likeness (QED) is 0.794. The Kier molecular flexibility index (Phi) is 3.48. The summed E-state index contributed by atoms with van der Waals surface area (Å²) in [5.74, 6) is 1.46. The van der Waals surface area contributed by atoms with Gasteiger partial charge in [0.2, 0.25) is 0 Å². The lowest BCUT2D eigenvalue weighted by Gasteiger charge is -2.48. The second-order valence-electron chi connectivity index (χ2n) is 7.62. The molecule has 0 fully saturated rings. The lowest BCUT2D eigenvalue weighted by atomic mass is 9.55. The van der Waals surface area contributed by atoms with Gasteiger partial charge in [-0.25, -0.2) is 8.42 Å². The maximum Gasteiger partial charge on any atom is 0.253 e. The molecule has 1 aliphatic heterocycles. The first-order valence-electron chi connectivity index (χ1n) is 9.22. The molecule has 4 unspecified atom stereocenters. The number of fused-ring (bicyclic) bond motifs is 1. The monoisotopic (exact) mass is 363 g/mol. The van der Waals surface area contributed by atoms with Crippen LogP contribution in [0.1, 0.15) is 47.8 Å². The fraction of sp³-hybridized carbons (Fsp3) is 0.318. The van der Waals surface area contributed by atoms with E-state index in [0.29, 0.717) is 18.3 Å². The van der Waals surface area contributed by atoms with Crippen LogP contribution in [-0.2, 0) is 10.0 Å². The van der Waals surface area contributed by atoms with Crippen molar-refractivity contribution < 1.29 is 8.42 Å². The third kappa shape index (κ3) is 2.32. The number of allylic oxidation sites excluding steroid dienone is 2. The van der Waals surface area contributed by atoms with Gasteiger partial charge in [-0.2, -0.15) is 4.40 Å². The van der Waals surface area contributed by atoms with Crippen molar-refractivity contribution in [2.75, 3.05) is 5.75 Å². The maximum atomic E-state index is 11.9. The van der Waals surface area contributed by atoms with Crippen LogP contribution < -0.4 is 0 Å². The SMILES string of the molecule is CC1C2C(C3=NS(=O)(=O)CC3)=CC(c3ccccc32)C1c1ccccc1. The fourth-order valence-corrected chi connectivity index (χ4v) is 6.27. The van der Waals surface area contributed by atoms with Gasteiger partial charge in [0.1, 0.15) is 0 Å². The molecule has 4 heteroatoms. The molecule has 1 heterocycles. The lowest BCUT2D eigenvalue weighted by molar-refractivity contribution is 0.339. The topological polar surface area (TPSA) is 46.5 Å². The summed E-state index contributed by atoms with van der Waals surface area (Å²) < 4.78 is 27.9. The zero-order chi connectivity index (χ0) is 17.9. The predicted octanol–water partition coefficient (Wildman–Crippen LogP) is 4.40. The van der Waals surface area contributed by atoms with E-state index in [2.05, 4.69) is 72.0 Å². The molecule has 2 aromatic rings. The molecule has 2 aromatic carbocycles. The minimum absolute atomic E-state index is 0.148. The first-order chi connectivity index (χ1) is 12.6. The molecule has 132 valence electrons. The van der Waals surface area contributed by atoms with Crippen LogP contribution in [0, 0.1) is 5.92 Å². The second-order valence-corrected chi connectivity index (χ2v) is 9.38. The molecule has 0 spiro atoms. The van der Waals surface area contributed by atoms with Crippen LogP contribution in [-0.4, -0.2) is 19.9 Å². The number of nitrogens with zero attached hydrogens (tertiary/aromatic N) is 1. The van der Waals surface area contributed by atoms with Crippen molar-refractivity contribution in [2.45, 2.75) is 31.1 Å². The molecule has 0 N–H and O–H groups in total. The molecule has 0 aromatic heterocycles. The Bertz CT molecular complexity index is 1040. The third-order valence-corrected chi connectivity index (χ3v) is 7.45. The third-order valence-electron chi connectivity index (χ3n) is 6.23. The van der Waals surface area contributed by atoms with E-state index >= 15 is 0 Å². The van der Waals surface area contributed by atoms with E-state index in [1.165, 1.54) is 16.7 Å². The van der Waals surface area contributed by atoms with E-state index in [1.807, 2.05) is 0 Å². The standard InChI is InChI=1S/C22H21NO2S/c1-14-21(15-7-3-2-4-8-15)18-13-19(20-11-12-26(24,25)23-20)22(14)17-10-6-5-9-16(17)18/h2-10,13-14,18,21-22H,11-12H2,1H3. The molecular formula is C22H21NO2S. The molecule has 0 saturated carbocycles. The predicted molar refractivity (Wildman–Crippen MR) is 104 cm³/mol. The summed E-state index contributed by atoms with van der Waals surface area (Å²) in [4.78, 5) is 0. The largest absolute Gasteiger partial charge is 0.253 e. The number of benzene rings is 2. The van der Waals surface area contributed by atoms with Gasteiger partial charge < -0.3 is 0 Å². The van der Waals surface area contributed by atoms with E-state index in [0.717, 1.165) is 11.3 Å². The summed E-state index contributed by atoms with van der Waals surface area (Å²) in [7, 11) is -3.28. The molecule has 4 atom stereocenters. The lowest BCUT2D eigenvalue weighted by Crippen LogP contribution is -2.36. The zero-order valence-corrected chi connectivity index (χ0v) is 15.5. The van der Waals surface area contributed by atoms with E-state index in [1.54, 1.807) is 0 Å². The van der Waals surface area contributed by atoms with E-state index < -0.39 is 10.0 Å². The zero-order valence-electron chi connectivity index (χ0n) is 14.7. The van der Waals surface area contributed by atoms with E-state index in [-0.39, 0.29) is 17.6 Å². The molecule has 3 aliphatic carbocycles. The molecule has 0 saturated heterocycles. The number of hydrogen-bond acceptors (Lipinski definition) is 2. The Balaban J connectivity index is 1.69. The number of hydrogen-bond donors (Lipinski definition) is 0. The van der Waals surface area contributed by atoms with Crippen molar-refractivity contribution in [1.82, 2.24) is 0 Å². The summed E-state index contributed by atoms with van der Waals surface area (Å²) in [6.45, 7) is 2.31. The van der Waals surface area contributed by atoms with Crippen LogP contribution >= 0.6 is 0 Å². The van der Waals surface area contributed by atoms with Crippen molar-refractivity contribution in [3.05, 3.63) is 82.9 Å². The van der Waals surface area contributed by atoms with Gasteiger partial charge in [-0.05, 0) is 34.1 Å². The van der Waals surface area contributed by atoms with Crippen molar-refractivity contribution in [3.63, 3.8) is 0 Å². The summed E-state index contributed by atoms with van der Waals surface area (Å²) in [6, 6.07) is 19.3. The van der Waals surface area contributed by atoms with Crippen molar-refractivity contribution in [2.24, 2.45) is 10.3 Å². The summed E-state index contributed by atoms with van der Waals surface area (Å²) >= 11 is 0. The van der Waals surface area contributed by atoms with Gasteiger partial charge in [-0.15, -0.1) is 0 Å². The molecule has 0 amide bonds. The smallest absolute Gasteiger partial charge is 0.205 e. The van der Waals surface area contributed by atoms with Crippen LogP contribution in [0.5, 0.6) is 0 Å². The average molecular weight is 363 g/mol. The van der Waals surface area contributed by atoms with Gasteiger partial charge in [0, 0.05) is 18.3 Å². The first kappa shape index (κ1) is 16.0. The van der Waals surface area contributed by atoms with Gasteiger partial charge >= 0.3 is 0 Å². The van der Waals surface area contributed by atoms with E-state index in [9.17, 15) is 8.42 Å². The van der Waals surface area contributed by atoms with E-state index in [4.69, 9.17) is 0 Å². The van der Waals surface area contributed by atoms with Crippen LogP contribution in [0.25, 0.3) is 0 Å². The average Bonchev–Trinajstić information content (AvgIpc) is 3.02. The molecule has 26 heavy (non-hydrogen) atoms. The van der Waals surface area contributed by atoms with Crippen molar-refractivity contribution in [1.29, 1.82) is 0 Å². The maximum absolute atomic E-state index is 11.9. The Labute approximate surface area is 154 Å². The number of sulfonamides is 1. The summed E-state index contributed by atoms with van der Waals surface area (Å²) in [5, 5.41) is 0. The highest BCUT2D eigenvalue weighted by Gasteiger charge is 2.47. The van der Waals surface area contributed by atoms with Crippen LogP contribution in [0.4, 0.5) is 0 Å². The van der Waals surface area contributed by atoms with Gasteiger partial charge in [-0.3, -0.25) is 0 Å². The van der Waals surface area contributed by atoms with Gasteiger partial charge in [-0.1, -0.05) is 67.6 Å². The highest BCUT2D eigenvalue weighted by atomic mass is 32.2. The molecule has 0 radical (unpaired) electrons. The summed E-state index contributed by atoms with van der Waals surface area (Å²) in [6.07, 6.45) is 2.85. The van der Waals surface area contributed by atoms with Crippen molar-refractivity contribution in [3.8, 4) is 0 Å². The second kappa shape index (κ2) is 5.65. The van der Waals surface area contributed by atoms with Gasteiger partial charge in [0.05, 0.1) is 11.5 Å². The Hall–Kier alpha value is -2.20. The van der Waals surface area contributed by atoms with Crippen LogP contribution in [0.15, 0.2) is 70.6 Å². The number of rotatable bonds is 2. The minimum atomic E-state index is -3.28. The minimum Gasteiger partial charge on any atom is -0.205 e. The molecular weight excluding hydrogens is 342 g/mol. The fourth-order valence-electron chi connectivity index (χ4n) is 5.19. The molecule has 3 nitrogen and oxygen atoms in total. The van der Waals surface area contributed by atoms with Crippen LogP contribution in [0.3, 0.4) is 0 Å². The highest BCUT2D eigenvalue weighted by Crippen LogP contribution is 2.58. The van der Waals surface area contributed by atoms with Crippen LogP contribution in [0.2, 0.25) is 0 Å². The Morgan fingerprint density at radius 1 is 0.962 bits per heavy atom. The molecule has 2 bridgehead atoms. The normalized spacial score (nSPS) is 31.3. The Morgan fingerprint density at radius 3 is 2.35 bits per heavy atom. The van der Waals surface area contributed by atoms with Gasteiger partial charge in [0.25, 0.3) is 10.0 Å². The van der Waals surface area contributed by atoms with Gasteiger partial charge in [0.15, 0.2) is 0 Å². The molecule has 4 aliphatic rings. The highest BCUT2D eigenvalue weighted by molar-refractivity contribution is 7.90. The Morgan fingerprint density at radius 2 is 1.65 bits per heavy atom. The van der Waals surface area contributed by atoms with Crippen molar-refractivity contribution >= 4 is 15.7 Å².